The first kappa shape index (κ1) is 15.8. The van der Waals surface area contributed by atoms with E-state index in [1.165, 1.54) is 6.42 Å². The van der Waals surface area contributed by atoms with E-state index in [1.54, 1.807) is 7.11 Å². The fourth-order valence-electron chi connectivity index (χ4n) is 2.74. The van der Waals surface area contributed by atoms with Crippen LogP contribution in [0.3, 0.4) is 0 Å². The van der Waals surface area contributed by atoms with Gasteiger partial charge in [0.25, 0.3) is 0 Å². The molecule has 1 saturated carbocycles. The maximum atomic E-state index is 12.0. The molecule has 1 aliphatic carbocycles. The fraction of sp³-hybridized carbons (Fsp3) is 0.588. The van der Waals surface area contributed by atoms with Gasteiger partial charge in [-0.2, -0.15) is 0 Å². The third-order valence-corrected chi connectivity index (χ3v) is 4.36. The molecule has 0 aromatic heterocycles. The Morgan fingerprint density at radius 2 is 2.14 bits per heavy atom. The Bertz CT molecular complexity index is 471. The van der Waals surface area contributed by atoms with E-state index in [-0.39, 0.29) is 11.8 Å². The standard InChI is InChI=1S/C17H25NO3/c1-12(14-8-3-4-9-16(14)21-2)10-17(20)18-11-15(19)13-6-5-7-13/h3-4,8-9,12-13,15,19H,5-7,10-11H2,1-2H3,(H,18,20)/t12-,15-/m1/s1. The van der Waals surface area contributed by atoms with Crippen molar-refractivity contribution in [3.63, 3.8) is 0 Å². The Morgan fingerprint density at radius 1 is 1.43 bits per heavy atom. The summed E-state index contributed by atoms with van der Waals surface area (Å²) in [6, 6.07) is 7.76. The third-order valence-electron chi connectivity index (χ3n) is 4.36. The van der Waals surface area contributed by atoms with Gasteiger partial charge in [-0.15, -0.1) is 0 Å². The first-order valence-corrected chi connectivity index (χ1v) is 7.69. The molecule has 1 aromatic rings. The van der Waals surface area contributed by atoms with Crippen molar-refractivity contribution in [1.82, 2.24) is 5.32 Å². The highest BCUT2D eigenvalue weighted by Crippen LogP contribution is 2.30. The van der Waals surface area contributed by atoms with Gasteiger partial charge in [-0.1, -0.05) is 31.5 Å². The van der Waals surface area contributed by atoms with Crippen LogP contribution in [-0.4, -0.2) is 30.8 Å². The molecule has 1 amide bonds. The van der Waals surface area contributed by atoms with Crippen LogP contribution in [0.25, 0.3) is 0 Å². The SMILES string of the molecule is COc1ccccc1[C@H](C)CC(=O)NC[C@@H](O)C1CCC1. The van der Waals surface area contributed by atoms with Gasteiger partial charge in [0.15, 0.2) is 0 Å². The van der Waals surface area contributed by atoms with Crippen molar-refractivity contribution in [2.45, 2.75) is 44.6 Å². The smallest absolute Gasteiger partial charge is 0.220 e. The van der Waals surface area contributed by atoms with Crippen molar-refractivity contribution < 1.29 is 14.6 Å². The predicted molar refractivity (Wildman–Crippen MR) is 82.4 cm³/mol. The molecule has 0 unspecified atom stereocenters. The molecule has 1 fully saturated rings. The Balaban J connectivity index is 1.81. The lowest BCUT2D eigenvalue weighted by molar-refractivity contribution is -0.122. The normalized spacial score (nSPS) is 17.7. The summed E-state index contributed by atoms with van der Waals surface area (Å²) in [6.45, 7) is 2.38. The number of ether oxygens (including phenoxy) is 1. The van der Waals surface area contributed by atoms with E-state index >= 15 is 0 Å². The summed E-state index contributed by atoms with van der Waals surface area (Å²) in [5.74, 6) is 1.25. The van der Waals surface area contributed by atoms with Gasteiger partial charge in [0.1, 0.15) is 5.75 Å². The van der Waals surface area contributed by atoms with Crippen molar-refractivity contribution >= 4 is 5.91 Å². The number of methoxy groups -OCH3 is 1. The fourth-order valence-corrected chi connectivity index (χ4v) is 2.74. The summed E-state index contributed by atoms with van der Waals surface area (Å²) in [5.41, 5.74) is 1.04. The maximum absolute atomic E-state index is 12.0. The number of carbonyl (C=O) groups excluding carboxylic acids is 1. The molecule has 4 heteroatoms. The molecule has 1 aromatic carbocycles. The van der Waals surface area contributed by atoms with Crippen LogP contribution < -0.4 is 10.1 Å². The van der Waals surface area contributed by atoms with Crippen molar-refractivity contribution in [1.29, 1.82) is 0 Å². The zero-order chi connectivity index (χ0) is 15.2. The van der Waals surface area contributed by atoms with E-state index in [4.69, 9.17) is 4.74 Å². The number of amides is 1. The van der Waals surface area contributed by atoms with Gasteiger partial charge in [0.05, 0.1) is 13.2 Å². The Labute approximate surface area is 126 Å². The lowest BCUT2D eigenvalue weighted by atomic mass is 9.81. The molecular formula is C17H25NO3. The molecule has 0 radical (unpaired) electrons. The van der Waals surface area contributed by atoms with Gasteiger partial charge in [-0.3, -0.25) is 4.79 Å². The highest BCUT2D eigenvalue weighted by molar-refractivity contribution is 5.77. The number of hydrogen-bond acceptors (Lipinski definition) is 3. The van der Waals surface area contributed by atoms with Crippen LogP contribution in [0.5, 0.6) is 5.75 Å². The molecule has 0 saturated heterocycles. The van der Waals surface area contributed by atoms with E-state index in [9.17, 15) is 9.90 Å². The Kier molecular flexibility index (Phi) is 5.62. The lowest BCUT2D eigenvalue weighted by Crippen LogP contribution is -2.38. The number of nitrogens with one attached hydrogen (secondary N) is 1. The number of aliphatic hydroxyl groups is 1. The number of benzene rings is 1. The van der Waals surface area contributed by atoms with Gasteiger partial charge in [-0.05, 0) is 36.3 Å². The molecule has 116 valence electrons. The monoisotopic (exact) mass is 291 g/mol. The highest BCUT2D eigenvalue weighted by Gasteiger charge is 2.25. The zero-order valence-corrected chi connectivity index (χ0v) is 12.8. The molecule has 2 N–H and O–H groups in total. The zero-order valence-electron chi connectivity index (χ0n) is 12.8. The van der Waals surface area contributed by atoms with Crippen molar-refractivity contribution in [3.05, 3.63) is 29.8 Å². The number of rotatable bonds is 7. The quantitative estimate of drug-likeness (QED) is 0.811. The van der Waals surface area contributed by atoms with Gasteiger partial charge in [0, 0.05) is 13.0 Å². The van der Waals surface area contributed by atoms with Gasteiger partial charge >= 0.3 is 0 Å². The summed E-state index contributed by atoms with van der Waals surface area (Å²) in [6.07, 6.45) is 3.35. The van der Waals surface area contributed by atoms with Gasteiger partial charge in [-0.25, -0.2) is 0 Å². The number of para-hydroxylation sites is 1. The van der Waals surface area contributed by atoms with Crippen molar-refractivity contribution in [2.75, 3.05) is 13.7 Å². The minimum atomic E-state index is -0.399. The van der Waals surface area contributed by atoms with Crippen LogP contribution in [0.2, 0.25) is 0 Å². The molecule has 4 nitrogen and oxygen atoms in total. The molecule has 0 spiro atoms. The van der Waals surface area contributed by atoms with Crippen LogP contribution in [0.15, 0.2) is 24.3 Å². The van der Waals surface area contributed by atoms with E-state index in [0.717, 1.165) is 24.2 Å². The van der Waals surface area contributed by atoms with E-state index in [0.29, 0.717) is 18.9 Å². The molecule has 2 rings (SSSR count). The average molecular weight is 291 g/mol. The van der Waals surface area contributed by atoms with Crippen LogP contribution in [0.1, 0.15) is 44.1 Å². The topological polar surface area (TPSA) is 58.6 Å². The number of carbonyl (C=O) groups is 1. The second-order valence-electron chi connectivity index (χ2n) is 5.91. The lowest BCUT2D eigenvalue weighted by Gasteiger charge is -2.30. The average Bonchev–Trinajstić information content (AvgIpc) is 2.43. The number of aliphatic hydroxyl groups excluding tert-OH is 1. The summed E-state index contributed by atoms with van der Waals surface area (Å²) in [5, 5.41) is 12.8. The summed E-state index contributed by atoms with van der Waals surface area (Å²) >= 11 is 0. The third kappa shape index (κ3) is 4.21. The highest BCUT2D eigenvalue weighted by atomic mass is 16.5. The minimum Gasteiger partial charge on any atom is -0.496 e. The van der Waals surface area contributed by atoms with E-state index in [2.05, 4.69) is 5.32 Å². The van der Waals surface area contributed by atoms with Gasteiger partial charge in [0.2, 0.25) is 5.91 Å². The number of hydrogen-bond donors (Lipinski definition) is 2. The molecule has 0 aliphatic heterocycles. The Hall–Kier alpha value is -1.55. The van der Waals surface area contributed by atoms with Crippen molar-refractivity contribution in [2.24, 2.45) is 5.92 Å². The summed E-state index contributed by atoms with van der Waals surface area (Å²) in [4.78, 5) is 12.0. The van der Waals surface area contributed by atoms with Crippen LogP contribution in [0, 0.1) is 5.92 Å². The molecule has 2 atom stereocenters. The molecular weight excluding hydrogens is 266 g/mol. The van der Waals surface area contributed by atoms with Gasteiger partial charge < -0.3 is 15.2 Å². The molecule has 0 heterocycles. The van der Waals surface area contributed by atoms with Crippen LogP contribution in [-0.2, 0) is 4.79 Å². The van der Waals surface area contributed by atoms with Crippen molar-refractivity contribution in [3.8, 4) is 5.75 Å². The molecule has 0 bridgehead atoms. The summed E-state index contributed by atoms with van der Waals surface area (Å²) in [7, 11) is 1.64. The largest absolute Gasteiger partial charge is 0.496 e. The Morgan fingerprint density at radius 3 is 2.76 bits per heavy atom. The summed E-state index contributed by atoms with van der Waals surface area (Å²) < 4.78 is 5.33. The van der Waals surface area contributed by atoms with E-state index < -0.39 is 6.10 Å². The molecule has 21 heavy (non-hydrogen) atoms. The minimum absolute atomic E-state index is 0.0215. The first-order valence-electron chi connectivity index (χ1n) is 7.69. The first-order chi connectivity index (χ1) is 10.1. The predicted octanol–water partition coefficient (Wildman–Crippen LogP) is 2.47. The molecule has 1 aliphatic rings. The van der Waals surface area contributed by atoms with Crippen LogP contribution in [0.4, 0.5) is 0 Å². The van der Waals surface area contributed by atoms with E-state index in [1.807, 2.05) is 31.2 Å². The van der Waals surface area contributed by atoms with Crippen LogP contribution >= 0.6 is 0 Å². The second-order valence-corrected chi connectivity index (χ2v) is 5.91. The second kappa shape index (κ2) is 7.46. The maximum Gasteiger partial charge on any atom is 0.220 e.